The summed E-state index contributed by atoms with van der Waals surface area (Å²) in [5.41, 5.74) is 0.226. The van der Waals surface area contributed by atoms with Crippen LogP contribution in [0.1, 0.15) is 47.0 Å². The van der Waals surface area contributed by atoms with Crippen molar-refractivity contribution in [3.63, 3.8) is 0 Å². The molecule has 0 aromatic rings. The first kappa shape index (κ1) is 9.81. The Bertz CT molecular complexity index is 258. The number of hydrogen-bond donors (Lipinski definition) is 1. The van der Waals surface area contributed by atoms with E-state index in [1.807, 2.05) is 20.8 Å². The molecule has 1 amide bonds. The second kappa shape index (κ2) is 2.44. The highest BCUT2D eigenvalue weighted by atomic mass is 16.6. The summed E-state index contributed by atoms with van der Waals surface area (Å²) in [6, 6.07) is 0. The van der Waals surface area contributed by atoms with Crippen molar-refractivity contribution in [1.29, 1.82) is 0 Å². The third kappa shape index (κ3) is 1.60. The van der Waals surface area contributed by atoms with Crippen LogP contribution in [0.5, 0.6) is 0 Å². The topological polar surface area (TPSA) is 38.3 Å². The van der Waals surface area contributed by atoms with Crippen molar-refractivity contribution in [2.24, 2.45) is 5.41 Å². The van der Waals surface area contributed by atoms with E-state index in [2.05, 4.69) is 12.2 Å². The summed E-state index contributed by atoms with van der Waals surface area (Å²) < 4.78 is 5.22. The molecule has 3 heteroatoms. The summed E-state index contributed by atoms with van der Waals surface area (Å²) in [6.07, 6.45) is 3.11. The predicted octanol–water partition coefficient (Wildman–Crippen LogP) is 2.45. The molecular weight excluding hydrogens is 178 g/mol. The molecule has 1 N–H and O–H groups in total. The van der Waals surface area contributed by atoms with Gasteiger partial charge in [-0.2, -0.15) is 0 Å². The monoisotopic (exact) mass is 197 g/mol. The summed E-state index contributed by atoms with van der Waals surface area (Å²) in [4.78, 5) is 11.5. The van der Waals surface area contributed by atoms with E-state index in [1.165, 1.54) is 0 Å². The van der Waals surface area contributed by atoms with Gasteiger partial charge < -0.3 is 10.1 Å². The fourth-order valence-corrected chi connectivity index (χ4v) is 2.95. The lowest BCUT2D eigenvalue weighted by Crippen LogP contribution is -2.73. The van der Waals surface area contributed by atoms with Gasteiger partial charge in [-0.15, -0.1) is 0 Å². The highest BCUT2D eigenvalue weighted by Gasteiger charge is 2.65. The number of carbonyl (C=O) groups is 1. The second-order valence-corrected chi connectivity index (χ2v) is 6.25. The summed E-state index contributed by atoms with van der Waals surface area (Å²) >= 11 is 0. The van der Waals surface area contributed by atoms with Gasteiger partial charge >= 0.3 is 6.09 Å². The van der Waals surface area contributed by atoms with Crippen LogP contribution in [0, 0.1) is 5.41 Å². The Morgan fingerprint density at radius 2 is 1.79 bits per heavy atom. The fraction of sp³-hybridized carbons (Fsp3) is 0.909. The maximum atomic E-state index is 11.5. The number of alkyl carbamates (subject to hydrolysis) is 1. The van der Waals surface area contributed by atoms with E-state index < -0.39 is 5.60 Å². The van der Waals surface area contributed by atoms with E-state index >= 15 is 0 Å². The average molecular weight is 197 g/mol. The molecule has 3 nitrogen and oxygen atoms in total. The van der Waals surface area contributed by atoms with Crippen molar-refractivity contribution in [2.45, 2.75) is 58.1 Å². The van der Waals surface area contributed by atoms with Crippen LogP contribution in [0.4, 0.5) is 4.79 Å². The van der Waals surface area contributed by atoms with E-state index in [9.17, 15) is 4.79 Å². The molecule has 3 rings (SSSR count). The lowest BCUT2D eigenvalue weighted by atomic mass is 9.40. The zero-order valence-electron chi connectivity index (χ0n) is 9.44. The van der Waals surface area contributed by atoms with E-state index in [-0.39, 0.29) is 11.6 Å². The van der Waals surface area contributed by atoms with Crippen molar-refractivity contribution >= 4 is 6.09 Å². The molecular formula is C11H19NO2. The fourth-order valence-electron chi connectivity index (χ4n) is 2.95. The second-order valence-electron chi connectivity index (χ2n) is 6.25. The van der Waals surface area contributed by atoms with Crippen LogP contribution in [-0.4, -0.2) is 17.2 Å². The molecule has 3 fully saturated rings. The smallest absolute Gasteiger partial charge is 0.408 e. The number of carbonyl (C=O) groups excluding carboxylic acids is 1. The molecule has 0 spiro atoms. The first-order chi connectivity index (χ1) is 6.22. The Hall–Kier alpha value is -0.730. The molecule has 2 bridgehead atoms. The molecule has 0 heterocycles. The molecule has 3 aliphatic rings. The largest absolute Gasteiger partial charge is 0.444 e. The molecule has 0 aromatic carbocycles. The zero-order valence-corrected chi connectivity index (χ0v) is 9.44. The standard InChI is InChI=1S/C11H19NO2/c1-9(2,3)14-8(13)12-11-5-10(4,6-11)7-11/h5-7H2,1-4H3,(H,12,13). The third-order valence-corrected chi connectivity index (χ3v) is 3.06. The minimum Gasteiger partial charge on any atom is -0.444 e. The molecule has 0 radical (unpaired) electrons. The van der Waals surface area contributed by atoms with Gasteiger partial charge in [-0.3, -0.25) is 0 Å². The predicted molar refractivity (Wildman–Crippen MR) is 54.1 cm³/mol. The third-order valence-electron chi connectivity index (χ3n) is 3.06. The molecule has 0 unspecified atom stereocenters. The Morgan fingerprint density at radius 1 is 1.29 bits per heavy atom. The molecule has 3 saturated carbocycles. The molecule has 0 aliphatic heterocycles. The van der Waals surface area contributed by atoms with Gasteiger partial charge in [0.05, 0.1) is 0 Å². The van der Waals surface area contributed by atoms with E-state index in [1.54, 1.807) is 0 Å². The Kier molecular flexibility index (Phi) is 1.71. The van der Waals surface area contributed by atoms with Crippen LogP contribution in [0.15, 0.2) is 0 Å². The number of ether oxygens (including phenoxy) is 1. The van der Waals surface area contributed by atoms with Crippen molar-refractivity contribution in [3.8, 4) is 0 Å². The van der Waals surface area contributed by atoms with E-state index in [4.69, 9.17) is 4.74 Å². The van der Waals surface area contributed by atoms with Gasteiger partial charge in [0.25, 0.3) is 0 Å². The van der Waals surface area contributed by atoms with Crippen molar-refractivity contribution in [2.75, 3.05) is 0 Å². The Labute approximate surface area is 85.2 Å². The van der Waals surface area contributed by atoms with Crippen molar-refractivity contribution in [1.82, 2.24) is 5.32 Å². The highest BCUT2D eigenvalue weighted by Crippen LogP contribution is 2.66. The molecule has 0 saturated heterocycles. The van der Waals surface area contributed by atoms with Gasteiger partial charge in [0.2, 0.25) is 0 Å². The summed E-state index contributed by atoms with van der Waals surface area (Å²) in [5.74, 6) is 0. The average Bonchev–Trinajstić information content (AvgIpc) is 1.76. The first-order valence-electron chi connectivity index (χ1n) is 5.23. The Balaban J connectivity index is 1.80. The minimum atomic E-state index is -0.391. The van der Waals surface area contributed by atoms with Crippen LogP contribution < -0.4 is 5.32 Å². The van der Waals surface area contributed by atoms with Gasteiger partial charge in [-0.25, -0.2) is 4.79 Å². The molecule has 0 atom stereocenters. The summed E-state index contributed by atoms with van der Waals surface area (Å²) in [6.45, 7) is 7.92. The maximum Gasteiger partial charge on any atom is 0.408 e. The van der Waals surface area contributed by atoms with Gasteiger partial charge in [-0.05, 0) is 45.4 Å². The lowest BCUT2D eigenvalue weighted by molar-refractivity contribution is -0.137. The van der Waals surface area contributed by atoms with Crippen molar-refractivity contribution in [3.05, 3.63) is 0 Å². The van der Waals surface area contributed by atoms with E-state index in [0.717, 1.165) is 19.3 Å². The number of nitrogens with one attached hydrogen (secondary N) is 1. The summed E-state index contributed by atoms with van der Waals surface area (Å²) in [7, 11) is 0. The van der Waals surface area contributed by atoms with Crippen LogP contribution in [-0.2, 0) is 4.74 Å². The van der Waals surface area contributed by atoms with Crippen LogP contribution in [0.3, 0.4) is 0 Å². The SMILES string of the molecule is CC12CC(NC(=O)OC(C)(C)C)(C1)C2. The number of hydrogen-bond acceptors (Lipinski definition) is 2. The summed E-state index contributed by atoms with van der Waals surface area (Å²) in [5, 5.41) is 2.98. The number of amides is 1. The van der Waals surface area contributed by atoms with Gasteiger partial charge in [0.1, 0.15) is 5.60 Å². The van der Waals surface area contributed by atoms with Gasteiger partial charge in [0.15, 0.2) is 0 Å². The number of rotatable bonds is 1. The Morgan fingerprint density at radius 3 is 2.14 bits per heavy atom. The molecule has 0 aromatic heterocycles. The zero-order chi connectivity index (χ0) is 10.6. The lowest BCUT2D eigenvalue weighted by Gasteiger charge is -2.69. The first-order valence-corrected chi connectivity index (χ1v) is 5.23. The van der Waals surface area contributed by atoms with Crippen molar-refractivity contribution < 1.29 is 9.53 Å². The maximum absolute atomic E-state index is 11.5. The highest BCUT2D eigenvalue weighted by molar-refractivity contribution is 5.69. The molecule has 80 valence electrons. The molecule has 3 aliphatic carbocycles. The quantitative estimate of drug-likeness (QED) is 0.701. The van der Waals surface area contributed by atoms with Crippen LogP contribution in [0.2, 0.25) is 0 Å². The van der Waals surface area contributed by atoms with Gasteiger partial charge in [0, 0.05) is 5.54 Å². The normalized spacial score (nSPS) is 39.4. The van der Waals surface area contributed by atoms with Crippen LogP contribution >= 0.6 is 0 Å². The van der Waals surface area contributed by atoms with Gasteiger partial charge in [-0.1, -0.05) is 6.92 Å². The molecule has 14 heavy (non-hydrogen) atoms. The minimum absolute atomic E-state index is 0.0943. The van der Waals surface area contributed by atoms with Crippen LogP contribution in [0.25, 0.3) is 0 Å². The van der Waals surface area contributed by atoms with E-state index in [0.29, 0.717) is 5.41 Å².